The van der Waals surface area contributed by atoms with Crippen molar-refractivity contribution in [1.82, 2.24) is 0 Å². The van der Waals surface area contributed by atoms with Gasteiger partial charge in [-0.3, -0.25) is 4.79 Å². The van der Waals surface area contributed by atoms with Gasteiger partial charge in [-0.05, 0) is 30.2 Å². The zero-order chi connectivity index (χ0) is 10.6. The molecule has 0 saturated heterocycles. The van der Waals surface area contributed by atoms with Crippen molar-refractivity contribution >= 4 is 17.4 Å². The van der Waals surface area contributed by atoms with Crippen molar-refractivity contribution in [2.45, 2.75) is 13.3 Å². The third-order valence-corrected chi connectivity index (χ3v) is 2.35. The summed E-state index contributed by atoms with van der Waals surface area (Å²) in [6.45, 7) is 2.02. The number of rotatable bonds is 4. The second-order valence-corrected chi connectivity index (χ2v) is 3.20. The third-order valence-electron chi connectivity index (χ3n) is 2.10. The lowest BCUT2D eigenvalue weighted by Crippen LogP contribution is -2.02. The van der Waals surface area contributed by atoms with Gasteiger partial charge < -0.3 is 4.74 Å². The van der Waals surface area contributed by atoms with Gasteiger partial charge in [0.15, 0.2) is 5.78 Å². The molecular weight excluding hydrogens is 200 g/mol. The fourth-order valence-corrected chi connectivity index (χ4v) is 1.46. The van der Waals surface area contributed by atoms with Crippen molar-refractivity contribution in [1.29, 1.82) is 0 Å². The molecule has 2 nitrogen and oxygen atoms in total. The molecule has 0 aliphatic rings. The number of benzene rings is 1. The molecule has 1 aromatic rings. The number of carbonyl (C=O) groups excluding carboxylic acids is 1. The largest absolute Gasteiger partial charge is 0.496 e. The molecule has 0 radical (unpaired) electrons. The number of halogens is 1. The molecule has 0 aliphatic carbocycles. The smallest absolute Gasteiger partial charge is 0.177 e. The maximum atomic E-state index is 11.3. The minimum Gasteiger partial charge on any atom is -0.496 e. The molecule has 0 fully saturated rings. The Morgan fingerprint density at radius 3 is 2.71 bits per heavy atom. The summed E-state index contributed by atoms with van der Waals surface area (Å²) >= 11 is 5.47. The van der Waals surface area contributed by atoms with Crippen LogP contribution in [0, 0.1) is 0 Å². The molecule has 76 valence electrons. The summed E-state index contributed by atoms with van der Waals surface area (Å²) in [5.74, 6) is 0.790. The molecule has 0 atom stereocenters. The second-order valence-electron chi connectivity index (χ2n) is 2.94. The maximum Gasteiger partial charge on any atom is 0.177 e. The summed E-state index contributed by atoms with van der Waals surface area (Å²) in [4.78, 5) is 11.3. The summed E-state index contributed by atoms with van der Waals surface area (Å²) in [5.41, 5.74) is 1.68. The summed E-state index contributed by atoms with van der Waals surface area (Å²) < 4.78 is 5.16. The first kappa shape index (κ1) is 11.1. The maximum absolute atomic E-state index is 11.3. The number of alkyl halides is 1. The first-order chi connectivity index (χ1) is 6.72. The van der Waals surface area contributed by atoms with E-state index < -0.39 is 0 Å². The first-order valence-electron chi connectivity index (χ1n) is 4.49. The van der Waals surface area contributed by atoms with Gasteiger partial charge in [0.2, 0.25) is 0 Å². The van der Waals surface area contributed by atoms with Crippen LogP contribution in [0.1, 0.15) is 22.8 Å². The van der Waals surface area contributed by atoms with E-state index in [4.69, 9.17) is 16.3 Å². The van der Waals surface area contributed by atoms with Crippen LogP contribution in [0.2, 0.25) is 0 Å². The van der Waals surface area contributed by atoms with Crippen molar-refractivity contribution in [2.24, 2.45) is 0 Å². The van der Waals surface area contributed by atoms with Crippen LogP contribution in [0.15, 0.2) is 18.2 Å². The first-order valence-corrected chi connectivity index (χ1v) is 5.02. The van der Waals surface area contributed by atoms with Gasteiger partial charge in [0.25, 0.3) is 0 Å². The Kier molecular flexibility index (Phi) is 3.96. The average molecular weight is 213 g/mol. The predicted molar refractivity (Wildman–Crippen MR) is 57.4 cm³/mol. The van der Waals surface area contributed by atoms with Gasteiger partial charge in [0.05, 0.1) is 13.0 Å². The summed E-state index contributed by atoms with van der Waals surface area (Å²) in [6.07, 6.45) is 0.840. The van der Waals surface area contributed by atoms with Crippen molar-refractivity contribution in [2.75, 3.05) is 13.0 Å². The molecule has 0 saturated carbocycles. The molecule has 3 heteroatoms. The minimum atomic E-state index is -0.0518. The molecule has 0 N–H and O–H groups in total. The number of Topliss-reactive ketones (excluding diaryl/α,β-unsaturated/α-hetero) is 1. The van der Waals surface area contributed by atoms with E-state index in [0.717, 1.165) is 17.7 Å². The molecule has 0 spiro atoms. The summed E-state index contributed by atoms with van der Waals surface area (Å²) in [6, 6.07) is 5.38. The number of hydrogen-bond donors (Lipinski definition) is 0. The lowest BCUT2D eigenvalue weighted by atomic mass is 10.1. The van der Waals surface area contributed by atoms with Crippen LogP contribution in [0.5, 0.6) is 5.75 Å². The zero-order valence-electron chi connectivity index (χ0n) is 8.34. The van der Waals surface area contributed by atoms with Gasteiger partial charge >= 0.3 is 0 Å². The molecule has 0 aliphatic heterocycles. The Bertz CT molecular complexity index is 334. The predicted octanol–water partition coefficient (Wildman–Crippen LogP) is 2.68. The number of methoxy groups -OCH3 is 1. The van der Waals surface area contributed by atoms with Gasteiger partial charge in [-0.15, -0.1) is 11.6 Å². The quantitative estimate of drug-likeness (QED) is 0.567. The highest BCUT2D eigenvalue weighted by Gasteiger charge is 2.07. The topological polar surface area (TPSA) is 26.3 Å². The van der Waals surface area contributed by atoms with E-state index >= 15 is 0 Å². The Morgan fingerprint density at radius 1 is 1.50 bits per heavy atom. The molecule has 0 amide bonds. The Morgan fingerprint density at radius 2 is 2.21 bits per heavy atom. The van der Waals surface area contributed by atoms with Gasteiger partial charge in [-0.1, -0.05) is 6.92 Å². The van der Waals surface area contributed by atoms with Crippen LogP contribution in [-0.2, 0) is 6.42 Å². The van der Waals surface area contributed by atoms with Crippen molar-refractivity contribution < 1.29 is 9.53 Å². The third kappa shape index (κ3) is 2.26. The van der Waals surface area contributed by atoms with Crippen molar-refractivity contribution in [3.05, 3.63) is 29.3 Å². The zero-order valence-corrected chi connectivity index (χ0v) is 9.10. The van der Waals surface area contributed by atoms with Crippen LogP contribution >= 0.6 is 11.6 Å². The molecule has 0 unspecified atom stereocenters. The van der Waals surface area contributed by atoms with E-state index in [-0.39, 0.29) is 11.7 Å². The molecule has 0 heterocycles. The van der Waals surface area contributed by atoms with Gasteiger partial charge in [0.1, 0.15) is 5.75 Å². The molecule has 1 rings (SSSR count). The minimum absolute atomic E-state index is 0.0233. The van der Waals surface area contributed by atoms with Gasteiger partial charge in [-0.2, -0.15) is 0 Å². The van der Waals surface area contributed by atoms with Crippen LogP contribution in [0.25, 0.3) is 0 Å². The number of aryl methyl sites for hydroxylation is 1. The number of ketones is 1. The molecule has 0 aromatic heterocycles. The Labute approximate surface area is 88.8 Å². The van der Waals surface area contributed by atoms with Crippen LogP contribution in [-0.4, -0.2) is 18.8 Å². The Hall–Kier alpha value is -1.02. The van der Waals surface area contributed by atoms with Gasteiger partial charge in [-0.25, -0.2) is 0 Å². The van der Waals surface area contributed by atoms with Crippen molar-refractivity contribution in [3.63, 3.8) is 0 Å². The van der Waals surface area contributed by atoms with E-state index in [1.807, 2.05) is 13.0 Å². The fraction of sp³-hybridized carbons (Fsp3) is 0.364. The lowest BCUT2D eigenvalue weighted by Gasteiger charge is -2.07. The molecular formula is C11H13ClO2. The SMILES string of the molecule is CCc1cc(C(=O)CCl)ccc1OC. The Balaban J connectivity index is 3.07. The van der Waals surface area contributed by atoms with E-state index in [1.165, 1.54) is 0 Å². The standard InChI is InChI=1S/C11H13ClO2/c1-3-8-6-9(10(13)7-12)4-5-11(8)14-2/h4-6H,3,7H2,1-2H3. The van der Waals surface area contributed by atoms with E-state index in [1.54, 1.807) is 19.2 Å². The van der Waals surface area contributed by atoms with Crippen molar-refractivity contribution in [3.8, 4) is 5.75 Å². The average Bonchev–Trinajstić information content (AvgIpc) is 2.26. The van der Waals surface area contributed by atoms with Crippen LogP contribution in [0.3, 0.4) is 0 Å². The number of carbonyl (C=O) groups is 1. The van der Waals surface area contributed by atoms with E-state index in [2.05, 4.69) is 0 Å². The number of ether oxygens (including phenoxy) is 1. The summed E-state index contributed by atoms with van der Waals surface area (Å²) in [5, 5.41) is 0. The van der Waals surface area contributed by atoms with Gasteiger partial charge in [0, 0.05) is 5.56 Å². The number of hydrogen-bond acceptors (Lipinski definition) is 2. The molecule has 1 aromatic carbocycles. The highest BCUT2D eigenvalue weighted by atomic mass is 35.5. The highest BCUT2D eigenvalue weighted by molar-refractivity contribution is 6.30. The molecule has 0 bridgehead atoms. The fourth-order valence-electron chi connectivity index (χ4n) is 1.31. The van der Waals surface area contributed by atoms with E-state index in [9.17, 15) is 4.79 Å². The normalized spacial score (nSPS) is 9.93. The lowest BCUT2D eigenvalue weighted by molar-refractivity contribution is 0.102. The monoisotopic (exact) mass is 212 g/mol. The second kappa shape index (κ2) is 5.01. The summed E-state index contributed by atoms with van der Waals surface area (Å²) in [7, 11) is 1.62. The highest BCUT2D eigenvalue weighted by Crippen LogP contribution is 2.20. The molecule has 14 heavy (non-hydrogen) atoms. The van der Waals surface area contributed by atoms with E-state index in [0.29, 0.717) is 5.56 Å². The van der Waals surface area contributed by atoms with Crippen LogP contribution < -0.4 is 4.74 Å². The van der Waals surface area contributed by atoms with Crippen LogP contribution in [0.4, 0.5) is 0 Å².